The van der Waals surface area contributed by atoms with Crippen LogP contribution in [0.2, 0.25) is 0 Å². The van der Waals surface area contributed by atoms with E-state index >= 15 is 0 Å². The van der Waals surface area contributed by atoms with Crippen molar-refractivity contribution in [1.29, 1.82) is 0 Å². The van der Waals surface area contributed by atoms with Crippen LogP contribution >= 0.6 is 0 Å². The Labute approximate surface area is 181 Å². The molecule has 5 nitrogen and oxygen atoms in total. The molecule has 0 aromatic rings. The van der Waals surface area contributed by atoms with E-state index in [4.69, 9.17) is 9.47 Å². The maximum atomic E-state index is 12.3. The van der Waals surface area contributed by atoms with Crippen molar-refractivity contribution in [3.8, 4) is 0 Å². The number of rotatable bonds is 5. The van der Waals surface area contributed by atoms with Crippen LogP contribution < -0.4 is 0 Å². The lowest BCUT2D eigenvalue weighted by Crippen LogP contribution is -2.86. The van der Waals surface area contributed by atoms with Gasteiger partial charge < -0.3 is 9.47 Å². The second kappa shape index (κ2) is 6.70. The highest BCUT2D eigenvalue weighted by molar-refractivity contribution is 5.69. The monoisotopic (exact) mass is 417 g/mol. The minimum absolute atomic E-state index is 0.0782. The molecule has 3 saturated heterocycles. The summed E-state index contributed by atoms with van der Waals surface area (Å²) in [5.41, 5.74) is -0.00472. The lowest BCUT2D eigenvalue weighted by atomic mass is 9.31. The molecule has 30 heavy (non-hydrogen) atoms. The van der Waals surface area contributed by atoms with Gasteiger partial charge in [-0.05, 0) is 73.0 Å². The molecule has 9 atom stereocenters. The number of carbonyl (C=O) groups excluding carboxylic acids is 2. The second-order valence-corrected chi connectivity index (χ2v) is 11.6. The average molecular weight is 418 g/mol. The van der Waals surface area contributed by atoms with E-state index in [0.717, 1.165) is 25.8 Å². The number of carbonyl (C=O) groups is 2. The molecule has 0 N–H and O–H groups in total. The molecule has 3 saturated carbocycles. The summed E-state index contributed by atoms with van der Waals surface area (Å²) in [6.45, 7) is 9.92. The normalized spacial score (nSPS) is 50.5. The number of esters is 2. The zero-order valence-corrected chi connectivity index (χ0v) is 19.4. The molecule has 3 heterocycles. The summed E-state index contributed by atoms with van der Waals surface area (Å²) in [5.74, 6) is 2.56. The highest BCUT2D eigenvalue weighted by atomic mass is 16.6. The average Bonchev–Trinajstić information content (AvgIpc) is 2.68. The molecular weight excluding hydrogens is 378 g/mol. The third-order valence-corrected chi connectivity index (χ3v) is 10.6. The fraction of sp³-hybridized carbons (Fsp3) is 0.920. The number of methoxy groups -OCH3 is 1. The van der Waals surface area contributed by atoms with E-state index in [9.17, 15) is 9.59 Å². The van der Waals surface area contributed by atoms with Crippen LogP contribution in [-0.4, -0.2) is 42.3 Å². The number of hydrogen-bond acceptors (Lipinski definition) is 5. The molecule has 0 aromatic carbocycles. The van der Waals surface area contributed by atoms with Crippen LogP contribution in [0.25, 0.3) is 0 Å². The van der Waals surface area contributed by atoms with Gasteiger partial charge in [0.2, 0.25) is 0 Å². The minimum atomic E-state index is -0.406. The molecule has 6 fully saturated rings. The highest BCUT2D eigenvalue weighted by Gasteiger charge is 2.79. The van der Waals surface area contributed by atoms with E-state index in [0.29, 0.717) is 42.1 Å². The zero-order chi connectivity index (χ0) is 21.5. The van der Waals surface area contributed by atoms with Crippen molar-refractivity contribution in [3.63, 3.8) is 0 Å². The van der Waals surface area contributed by atoms with Gasteiger partial charge in [0, 0.05) is 38.3 Å². The Morgan fingerprint density at radius 1 is 1.17 bits per heavy atom. The van der Waals surface area contributed by atoms with Crippen LogP contribution in [0, 0.1) is 40.4 Å². The first-order valence-corrected chi connectivity index (χ1v) is 12.2. The highest BCUT2D eigenvalue weighted by Crippen LogP contribution is 2.78. The van der Waals surface area contributed by atoms with Crippen molar-refractivity contribution in [2.45, 2.75) is 90.8 Å². The van der Waals surface area contributed by atoms with E-state index in [1.54, 1.807) is 6.92 Å². The quantitative estimate of drug-likeness (QED) is 0.621. The number of piperidine rings is 3. The van der Waals surface area contributed by atoms with E-state index < -0.39 is 5.72 Å². The van der Waals surface area contributed by atoms with Crippen LogP contribution in [0.15, 0.2) is 0 Å². The second-order valence-electron chi connectivity index (χ2n) is 11.6. The van der Waals surface area contributed by atoms with Crippen LogP contribution in [-0.2, 0) is 19.1 Å². The summed E-state index contributed by atoms with van der Waals surface area (Å²) in [4.78, 5) is 27.3. The Morgan fingerprint density at radius 3 is 2.60 bits per heavy atom. The fourth-order valence-electron chi connectivity index (χ4n) is 9.66. The predicted octanol–water partition coefficient (Wildman–Crippen LogP) is 4.39. The molecule has 6 rings (SSSR count). The molecule has 3 aliphatic carbocycles. The Balaban J connectivity index is 1.68. The Bertz CT molecular complexity index is 751. The van der Waals surface area contributed by atoms with Gasteiger partial charge in [-0.25, -0.2) is 0 Å². The molecule has 0 radical (unpaired) electrons. The summed E-state index contributed by atoms with van der Waals surface area (Å²) in [5, 5.41) is 0. The molecule has 1 unspecified atom stereocenters. The van der Waals surface area contributed by atoms with Crippen molar-refractivity contribution in [2.75, 3.05) is 13.7 Å². The number of ether oxygens (including phenoxy) is 2. The molecule has 3 aliphatic heterocycles. The first kappa shape index (κ1) is 20.8. The Hall–Kier alpha value is -1.10. The van der Waals surface area contributed by atoms with Gasteiger partial charge in [-0.3, -0.25) is 14.5 Å². The Morgan fingerprint density at radius 2 is 1.93 bits per heavy atom. The van der Waals surface area contributed by atoms with E-state index in [1.165, 1.54) is 32.8 Å². The zero-order valence-electron chi connectivity index (χ0n) is 19.4. The van der Waals surface area contributed by atoms with E-state index in [2.05, 4.69) is 25.7 Å². The minimum Gasteiger partial charge on any atom is -0.469 e. The number of nitrogens with zero attached hydrogens (tertiary/aromatic N) is 1. The van der Waals surface area contributed by atoms with Crippen LogP contribution in [0.5, 0.6) is 0 Å². The summed E-state index contributed by atoms with van der Waals surface area (Å²) < 4.78 is 11.4. The summed E-state index contributed by atoms with van der Waals surface area (Å²) in [7, 11) is 1.51. The summed E-state index contributed by atoms with van der Waals surface area (Å²) in [6.07, 6.45) is 8.45. The van der Waals surface area contributed by atoms with Gasteiger partial charge in [-0.15, -0.1) is 0 Å². The standard InChI is InChI=1S/C25H39NO4/c1-15(2)18-8-11-23(4)17-13-20-19-7-6-10-25(20,30-16(3)27)26(14-17)22(18)24(19,23)12-9-21(28)29-5/h15,17-20,22H,6-14H2,1-5H3/t17-,18+,19-,20+,22-,23-,24-,25+/m0/s1. The molecule has 168 valence electrons. The predicted molar refractivity (Wildman–Crippen MR) is 113 cm³/mol. The van der Waals surface area contributed by atoms with Gasteiger partial charge in [0.05, 0.1) is 7.11 Å². The molecule has 0 spiro atoms. The van der Waals surface area contributed by atoms with Gasteiger partial charge in [-0.1, -0.05) is 20.8 Å². The number of hydrogen-bond donors (Lipinski definition) is 0. The maximum absolute atomic E-state index is 12.3. The van der Waals surface area contributed by atoms with Crippen molar-refractivity contribution in [1.82, 2.24) is 4.90 Å². The Kier molecular flexibility index (Phi) is 4.64. The molecule has 6 aliphatic rings. The third-order valence-electron chi connectivity index (χ3n) is 10.6. The smallest absolute Gasteiger partial charge is 0.305 e. The first-order chi connectivity index (χ1) is 14.2. The summed E-state index contributed by atoms with van der Waals surface area (Å²) >= 11 is 0. The van der Waals surface area contributed by atoms with Crippen molar-refractivity contribution < 1.29 is 19.1 Å². The van der Waals surface area contributed by atoms with E-state index in [1.807, 2.05) is 0 Å². The van der Waals surface area contributed by atoms with Crippen LogP contribution in [0.3, 0.4) is 0 Å². The van der Waals surface area contributed by atoms with Gasteiger partial charge in [-0.2, -0.15) is 0 Å². The molecule has 0 amide bonds. The summed E-state index contributed by atoms with van der Waals surface area (Å²) in [6, 6.07) is 0.401. The fourth-order valence-corrected chi connectivity index (χ4v) is 9.66. The van der Waals surface area contributed by atoms with Crippen molar-refractivity contribution >= 4 is 11.9 Å². The van der Waals surface area contributed by atoms with E-state index in [-0.39, 0.29) is 22.8 Å². The first-order valence-electron chi connectivity index (χ1n) is 12.2. The SMILES string of the molecule is COC(=O)CC[C@]12[C@@H]3[C@@H](C(C)C)CC[C@@]1(C)[C@H]1C[C@@H]4[C@@H]2CCC[C@]4(OC(C)=O)N3C1. The largest absolute Gasteiger partial charge is 0.469 e. The van der Waals surface area contributed by atoms with Crippen molar-refractivity contribution in [3.05, 3.63) is 0 Å². The lowest BCUT2D eigenvalue weighted by molar-refractivity contribution is -0.388. The molecular formula is C25H39NO4. The van der Waals surface area contributed by atoms with Gasteiger partial charge in [0.1, 0.15) is 0 Å². The van der Waals surface area contributed by atoms with Crippen LogP contribution in [0.1, 0.15) is 79.1 Å². The van der Waals surface area contributed by atoms with Crippen LogP contribution in [0.4, 0.5) is 0 Å². The van der Waals surface area contributed by atoms with Crippen molar-refractivity contribution in [2.24, 2.45) is 40.4 Å². The third kappa shape index (κ3) is 2.34. The topological polar surface area (TPSA) is 55.8 Å². The molecule has 5 heteroatoms. The molecule has 0 aromatic heterocycles. The molecule has 8 bridgehead atoms. The van der Waals surface area contributed by atoms with Gasteiger partial charge in [0.25, 0.3) is 0 Å². The van der Waals surface area contributed by atoms with Gasteiger partial charge >= 0.3 is 11.9 Å². The maximum Gasteiger partial charge on any atom is 0.305 e. The lowest BCUT2D eigenvalue weighted by Gasteiger charge is -2.82. The van der Waals surface area contributed by atoms with Gasteiger partial charge in [0.15, 0.2) is 5.72 Å².